The highest BCUT2D eigenvalue weighted by Gasteiger charge is 2.16. The van der Waals surface area contributed by atoms with Crippen molar-refractivity contribution in [3.8, 4) is 11.5 Å². The van der Waals surface area contributed by atoms with Crippen molar-refractivity contribution >= 4 is 28.1 Å². The lowest BCUT2D eigenvalue weighted by atomic mass is 10.3. The number of benzene rings is 1. The zero-order valence-corrected chi connectivity index (χ0v) is 12.2. The molecular formula is C13H14N4O3S. The van der Waals surface area contributed by atoms with Crippen LogP contribution in [0.2, 0.25) is 0 Å². The molecule has 1 amide bonds. The number of ether oxygens (including phenoxy) is 2. The topological polar surface area (TPSA) is 85.4 Å². The van der Waals surface area contributed by atoms with Gasteiger partial charge in [-0.25, -0.2) is 0 Å². The monoisotopic (exact) mass is 306 g/mol. The predicted molar refractivity (Wildman–Crippen MR) is 79.2 cm³/mol. The van der Waals surface area contributed by atoms with Gasteiger partial charge in [0.1, 0.15) is 0 Å². The third kappa shape index (κ3) is 3.05. The van der Waals surface area contributed by atoms with Gasteiger partial charge in [-0.1, -0.05) is 18.3 Å². The van der Waals surface area contributed by atoms with Crippen LogP contribution < -0.4 is 20.1 Å². The van der Waals surface area contributed by atoms with E-state index in [2.05, 4.69) is 27.8 Å². The Kier molecular flexibility index (Phi) is 3.87. The van der Waals surface area contributed by atoms with Crippen molar-refractivity contribution in [3.63, 3.8) is 0 Å². The van der Waals surface area contributed by atoms with E-state index in [1.165, 1.54) is 11.3 Å². The highest BCUT2D eigenvalue weighted by atomic mass is 32.1. The first-order chi connectivity index (χ1) is 10.3. The van der Waals surface area contributed by atoms with E-state index in [4.69, 9.17) is 9.47 Å². The van der Waals surface area contributed by atoms with Gasteiger partial charge in [-0.3, -0.25) is 4.79 Å². The van der Waals surface area contributed by atoms with E-state index < -0.39 is 0 Å². The summed E-state index contributed by atoms with van der Waals surface area (Å²) in [6.45, 7) is 3.06. The molecule has 0 aliphatic carbocycles. The standard InChI is InChI=1S/C13H14N4O3S/c1-2-5-14-13-17-16-12(21-13)11(18)15-8-3-4-9-10(6-8)20-7-19-9/h3-4,6H,2,5,7H2,1H3,(H,14,17)(H,15,18). The van der Waals surface area contributed by atoms with Crippen LogP contribution in [-0.4, -0.2) is 29.4 Å². The summed E-state index contributed by atoms with van der Waals surface area (Å²) >= 11 is 1.22. The molecule has 2 N–H and O–H groups in total. The first-order valence-electron chi connectivity index (χ1n) is 6.54. The minimum Gasteiger partial charge on any atom is -0.454 e. The fraction of sp³-hybridized carbons (Fsp3) is 0.308. The molecule has 0 atom stereocenters. The van der Waals surface area contributed by atoms with Gasteiger partial charge < -0.3 is 20.1 Å². The third-order valence-electron chi connectivity index (χ3n) is 2.78. The van der Waals surface area contributed by atoms with Crippen LogP contribution in [0.4, 0.5) is 10.8 Å². The number of aromatic nitrogens is 2. The van der Waals surface area contributed by atoms with Crippen LogP contribution in [0.5, 0.6) is 11.5 Å². The fourth-order valence-electron chi connectivity index (χ4n) is 1.78. The summed E-state index contributed by atoms with van der Waals surface area (Å²) < 4.78 is 10.5. The Morgan fingerprint density at radius 2 is 2.19 bits per heavy atom. The van der Waals surface area contributed by atoms with Crippen molar-refractivity contribution in [1.82, 2.24) is 10.2 Å². The van der Waals surface area contributed by atoms with E-state index in [1.807, 2.05) is 0 Å². The van der Waals surface area contributed by atoms with Gasteiger partial charge in [0.2, 0.25) is 16.9 Å². The van der Waals surface area contributed by atoms with Gasteiger partial charge in [0.05, 0.1) is 0 Å². The largest absolute Gasteiger partial charge is 0.454 e. The summed E-state index contributed by atoms with van der Waals surface area (Å²) in [6.07, 6.45) is 0.984. The maximum Gasteiger partial charge on any atom is 0.286 e. The Morgan fingerprint density at radius 3 is 3.05 bits per heavy atom. The molecule has 1 aliphatic rings. The van der Waals surface area contributed by atoms with Gasteiger partial charge in [-0.05, 0) is 18.6 Å². The first kappa shape index (κ1) is 13.6. The van der Waals surface area contributed by atoms with E-state index in [0.717, 1.165) is 13.0 Å². The summed E-state index contributed by atoms with van der Waals surface area (Å²) in [5, 5.41) is 14.6. The highest BCUT2D eigenvalue weighted by molar-refractivity contribution is 7.17. The minimum atomic E-state index is -0.295. The van der Waals surface area contributed by atoms with Crippen molar-refractivity contribution in [1.29, 1.82) is 0 Å². The highest BCUT2D eigenvalue weighted by Crippen LogP contribution is 2.34. The van der Waals surface area contributed by atoms with Gasteiger partial charge in [0.15, 0.2) is 11.5 Å². The molecule has 2 aromatic rings. The lowest BCUT2D eigenvalue weighted by molar-refractivity contribution is 0.102. The van der Waals surface area contributed by atoms with Crippen LogP contribution in [0.15, 0.2) is 18.2 Å². The van der Waals surface area contributed by atoms with Crippen molar-refractivity contribution in [2.75, 3.05) is 24.0 Å². The zero-order valence-electron chi connectivity index (χ0n) is 11.4. The van der Waals surface area contributed by atoms with Crippen molar-refractivity contribution in [3.05, 3.63) is 23.2 Å². The molecule has 0 saturated carbocycles. The number of hydrogen-bond acceptors (Lipinski definition) is 7. The van der Waals surface area contributed by atoms with E-state index in [1.54, 1.807) is 18.2 Å². The molecule has 1 aliphatic heterocycles. The van der Waals surface area contributed by atoms with Crippen LogP contribution in [-0.2, 0) is 0 Å². The lowest BCUT2D eigenvalue weighted by Crippen LogP contribution is -2.11. The number of fused-ring (bicyclic) bond motifs is 1. The summed E-state index contributed by atoms with van der Waals surface area (Å²) in [6, 6.07) is 5.23. The molecule has 0 unspecified atom stereocenters. The molecule has 21 heavy (non-hydrogen) atoms. The molecule has 7 nitrogen and oxygen atoms in total. The Bertz CT molecular complexity index is 659. The fourth-order valence-corrected chi connectivity index (χ4v) is 2.44. The molecule has 0 saturated heterocycles. The molecule has 8 heteroatoms. The molecule has 0 spiro atoms. The van der Waals surface area contributed by atoms with Gasteiger partial charge in [-0.15, -0.1) is 10.2 Å². The number of nitrogens with zero attached hydrogens (tertiary/aromatic N) is 2. The van der Waals surface area contributed by atoms with Crippen LogP contribution in [0.1, 0.15) is 23.1 Å². The second kappa shape index (κ2) is 5.96. The maximum atomic E-state index is 12.1. The number of anilines is 2. The molecule has 0 fully saturated rings. The van der Waals surface area contributed by atoms with Gasteiger partial charge in [-0.2, -0.15) is 0 Å². The Morgan fingerprint density at radius 1 is 1.33 bits per heavy atom. The van der Waals surface area contributed by atoms with E-state index in [9.17, 15) is 4.79 Å². The lowest BCUT2D eigenvalue weighted by Gasteiger charge is -2.03. The number of carbonyl (C=O) groups is 1. The van der Waals surface area contributed by atoms with Crippen molar-refractivity contribution in [2.24, 2.45) is 0 Å². The Labute approximate surface area is 125 Å². The quantitative estimate of drug-likeness (QED) is 0.882. The maximum absolute atomic E-state index is 12.1. The van der Waals surface area contributed by atoms with E-state index in [0.29, 0.717) is 27.3 Å². The number of hydrogen-bond donors (Lipinski definition) is 2. The summed E-state index contributed by atoms with van der Waals surface area (Å²) in [4.78, 5) is 12.1. The van der Waals surface area contributed by atoms with Crippen LogP contribution in [0, 0.1) is 0 Å². The molecule has 0 radical (unpaired) electrons. The second-order valence-corrected chi connectivity index (χ2v) is 5.34. The van der Waals surface area contributed by atoms with Crippen molar-refractivity contribution in [2.45, 2.75) is 13.3 Å². The Hall–Kier alpha value is -2.35. The van der Waals surface area contributed by atoms with Gasteiger partial charge in [0.25, 0.3) is 5.91 Å². The third-order valence-corrected chi connectivity index (χ3v) is 3.66. The first-order valence-corrected chi connectivity index (χ1v) is 7.36. The van der Waals surface area contributed by atoms with Crippen LogP contribution in [0.3, 0.4) is 0 Å². The summed E-state index contributed by atoms with van der Waals surface area (Å²) in [7, 11) is 0. The number of rotatable bonds is 5. The van der Waals surface area contributed by atoms with Gasteiger partial charge in [0, 0.05) is 18.3 Å². The molecule has 3 rings (SSSR count). The average Bonchev–Trinajstić information content (AvgIpc) is 3.13. The molecule has 1 aromatic carbocycles. The normalized spacial score (nSPS) is 12.2. The SMILES string of the molecule is CCCNc1nnc(C(=O)Nc2ccc3c(c2)OCO3)s1. The average molecular weight is 306 g/mol. The smallest absolute Gasteiger partial charge is 0.286 e. The van der Waals surface area contributed by atoms with E-state index >= 15 is 0 Å². The molecule has 110 valence electrons. The number of carbonyl (C=O) groups excluding carboxylic acids is 1. The zero-order chi connectivity index (χ0) is 14.7. The predicted octanol–water partition coefficient (Wildman–Crippen LogP) is 2.34. The minimum absolute atomic E-state index is 0.204. The molecule has 0 bridgehead atoms. The van der Waals surface area contributed by atoms with E-state index in [-0.39, 0.29) is 12.7 Å². The molecular weight excluding hydrogens is 292 g/mol. The second-order valence-electron chi connectivity index (χ2n) is 4.36. The van der Waals surface area contributed by atoms with Crippen LogP contribution in [0.25, 0.3) is 0 Å². The summed E-state index contributed by atoms with van der Waals surface area (Å²) in [5.41, 5.74) is 0.627. The van der Waals surface area contributed by atoms with Gasteiger partial charge >= 0.3 is 0 Å². The number of nitrogens with one attached hydrogen (secondary N) is 2. The molecule has 1 aromatic heterocycles. The Balaban J connectivity index is 1.67. The molecule has 2 heterocycles. The van der Waals surface area contributed by atoms with Crippen molar-refractivity contribution < 1.29 is 14.3 Å². The number of amides is 1. The van der Waals surface area contributed by atoms with Crippen LogP contribution >= 0.6 is 11.3 Å². The summed E-state index contributed by atoms with van der Waals surface area (Å²) in [5.74, 6) is 1.00.